The van der Waals surface area contributed by atoms with Crippen LogP contribution in [0.25, 0.3) is 0 Å². The second kappa shape index (κ2) is 7.87. The molecule has 0 spiro atoms. The maximum Gasteiger partial charge on any atom is 0.262 e. The molecule has 0 saturated heterocycles. The molecule has 1 N–H and O–H groups in total. The minimum atomic E-state index is -0.205. The lowest BCUT2D eigenvalue weighted by Gasteiger charge is -2.08. The van der Waals surface area contributed by atoms with Crippen LogP contribution in [-0.4, -0.2) is 33.6 Å². The molecule has 3 aromatic rings. The first-order valence-corrected chi connectivity index (χ1v) is 7.67. The highest BCUT2D eigenvalue weighted by atomic mass is 16.5. The molecule has 0 saturated carbocycles. The second-order valence-corrected chi connectivity index (χ2v) is 5.36. The van der Waals surface area contributed by atoms with Crippen LogP contribution in [0.15, 0.2) is 66.3 Å². The number of nitrogens with zero attached hydrogens (tertiary/aromatic N) is 4. The van der Waals surface area contributed by atoms with Crippen molar-refractivity contribution in [2.24, 2.45) is 5.10 Å². The van der Waals surface area contributed by atoms with Gasteiger partial charge in [-0.3, -0.25) is 4.79 Å². The molecule has 126 valence electrons. The molecule has 0 unspecified atom stereocenters. The molecular formula is C18H17N5O2. The van der Waals surface area contributed by atoms with Crippen LogP contribution in [0, 0.1) is 6.92 Å². The summed E-state index contributed by atoms with van der Waals surface area (Å²) in [6.45, 7) is 1.92. The van der Waals surface area contributed by atoms with E-state index in [0.717, 1.165) is 16.8 Å². The lowest BCUT2D eigenvalue weighted by atomic mass is 10.2. The summed E-state index contributed by atoms with van der Waals surface area (Å²) < 4.78 is 6.99. The van der Waals surface area contributed by atoms with Crippen LogP contribution in [-0.2, 0) is 4.79 Å². The molecule has 0 fully saturated rings. The van der Waals surface area contributed by atoms with Crippen molar-refractivity contribution in [3.63, 3.8) is 0 Å². The van der Waals surface area contributed by atoms with Gasteiger partial charge in [0.25, 0.3) is 5.91 Å². The lowest BCUT2D eigenvalue weighted by molar-refractivity contribution is -0.118. The van der Waals surface area contributed by atoms with E-state index in [1.54, 1.807) is 18.3 Å². The van der Waals surface area contributed by atoms with Crippen LogP contribution in [0.2, 0.25) is 0 Å². The molecule has 3 rings (SSSR count). The molecule has 7 nitrogen and oxygen atoms in total. The normalized spacial score (nSPS) is 10.8. The van der Waals surface area contributed by atoms with Gasteiger partial charge in [-0.05, 0) is 54.4 Å². The highest BCUT2D eigenvalue weighted by Gasteiger charge is 2.04. The van der Waals surface area contributed by atoms with Crippen molar-refractivity contribution >= 4 is 17.8 Å². The van der Waals surface area contributed by atoms with E-state index in [1.165, 1.54) is 17.3 Å². The Labute approximate surface area is 145 Å². The Morgan fingerprint density at radius 3 is 2.68 bits per heavy atom. The van der Waals surface area contributed by atoms with Gasteiger partial charge in [-0.25, -0.2) is 4.68 Å². The van der Waals surface area contributed by atoms with Crippen molar-refractivity contribution in [3.05, 3.63) is 72.3 Å². The first-order chi connectivity index (χ1) is 12.2. The Morgan fingerprint density at radius 2 is 1.96 bits per heavy atom. The van der Waals surface area contributed by atoms with Crippen molar-refractivity contribution in [3.8, 4) is 5.75 Å². The van der Waals surface area contributed by atoms with E-state index in [2.05, 4.69) is 20.6 Å². The van der Waals surface area contributed by atoms with Crippen LogP contribution in [0.5, 0.6) is 5.75 Å². The smallest absolute Gasteiger partial charge is 0.262 e. The van der Waals surface area contributed by atoms with Gasteiger partial charge in [0, 0.05) is 5.69 Å². The quantitative estimate of drug-likeness (QED) is 0.702. The third kappa shape index (κ3) is 5.00. The van der Waals surface area contributed by atoms with Crippen molar-refractivity contribution in [1.29, 1.82) is 0 Å². The van der Waals surface area contributed by atoms with Crippen LogP contribution in [0.3, 0.4) is 0 Å². The molecule has 0 aliphatic rings. The largest absolute Gasteiger partial charge is 0.484 e. The number of anilines is 1. The van der Waals surface area contributed by atoms with Crippen LogP contribution in [0.1, 0.15) is 11.1 Å². The van der Waals surface area contributed by atoms with Crippen molar-refractivity contribution in [2.75, 3.05) is 11.9 Å². The molecule has 0 bridgehead atoms. The van der Waals surface area contributed by atoms with Gasteiger partial charge in [0.05, 0.1) is 6.21 Å². The number of hydrogen-bond acceptors (Lipinski definition) is 5. The van der Waals surface area contributed by atoms with Crippen molar-refractivity contribution in [2.45, 2.75) is 6.92 Å². The van der Waals surface area contributed by atoms with Crippen molar-refractivity contribution < 1.29 is 9.53 Å². The molecular weight excluding hydrogens is 318 g/mol. The van der Waals surface area contributed by atoms with E-state index in [-0.39, 0.29) is 12.5 Å². The van der Waals surface area contributed by atoms with E-state index >= 15 is 0 Å². The molecule has 1 aromatic heterocycles. The molecule has 7 heteroatoms. The average molecular weight is 335 g/mol. The third-order valence-corrected chi connectivity index (χ3v) is 3.30. The van der Waals surface area contributed by atoms with E-state index in [4.69, 9.17) is 4.74 Å². The van der Waals surface area contributed by atoms with Gasteiger partial charge in [0.1, 0.15) is 18.4 Å². The maximum atomic E-state index is 11.9. The van der Waals surface area contributed by atoms with E-state index in [1.807, 2.05) is 43.3 Å². The zero-order valence-corrected chi connectivity index (χ0v) is 13.7. The Bertz CT molecular complexity index is 857. The predicted octanol–water partition coefficient (Wildman–Crippen LogP) is 2.49. The number of aromatic nitrogens is 3. The zero-order valence-electron chi connectivity index (χ0n) is 13.7. The number of nitrogens with one attached hydrogen (secondary N) is 1. The van der Waals surface area contributed by atoms with Gasteiger partial charge in [-0.2, -0.15) is 5.10 Å². The van der Waals surface area contributed by atoms with Crippen LogP contribution >= 0.6 is 0 Å². The Balaban J connectivity index is 1.50. The Hall–Kier alpha value is -3.48. The number of carbonyl (C=O) groups excluding carboxylic acids is 1. The fraction of sp³-hybridized carbons (Fsp3) is 0.111. The standard InChI is InChI=1S/C18H17N5O2/c1-14-3-2-4-16(9-14)22-18(24)11-25-17-7-5-15(6-8-17)10-21-23-12-19-20-13-23/h2-10,12-13H,11H2,1H3,(H,22,24)/b21-10+. The molecule has 1 amide bonds. The molecule has 0 aliphatic carbocycles. The first-order valence-electron chi connectivity index (χ1n) is 7.67. The number of benzene rings is 2. The molecule has 0 radical (unpaired) electrons. The van der Waals surface area contributed by atoms with Crippen molar-refractivity contribution in [1.82, 2.24) is 14.9 Å². The highest BCUT2D eigenvalue weighted by Crippen LogP contribution is 2.12. The minimum Gasteiger partial charge on any atom is -0.484 e. The molecule has 0 aliphatic heterocycles. The number of rotatable bonds is 6. The van der Waals surface area contributed by atoms with Gasteiger partial charge in [-0.1, -0.05) is 12.1 Å². The summed E-state index contributed by atoms with van der Waals surface area (Å²) in [5.74, 6) is 0.407. The number of aryl methyl sites for hydroxylation is 1. The van der Waals surface area contributed by atoms with Gasteiger partial charge in [0.2, 0.25) is 0 Å². The van der Waals surface area contributed by atoms with Gasteiger partial charge < -0.3 is 10.1 Å². The average Bonchev–Trinajstić information content (AvgIpc) is 3.13. The first kappa shape index (κ1) is 16.4. The van der Waals surface area contributed by atoms with Gasteiger partial charge in [-0.15, -0.1) is 10.2 Å². The lowest BCUT2D eigenvalue weighted by Crippen LogP contribution is -2.20. The summed E-state index contributed by atoms with van der Waals surface area (Å²) in [5.41, 5.74) is 2.74. The number of ether oxygens (including phenoxy) is 1. The molecule has 0 atom stereocenters. The Kier molecular flexibility index (Phi) is 5.16. The summed E-state index contributed by atoms with van der Waals surface area (Å²) in [6.07, 6.45) is 4.68. The third-order valence-electron chi connectivity index (χ3n) is 3.30. The molecule has 1 heterocycles. The fourth-order valence-corrected chi connectivity index (χ4v) is 2.11. The monoisotopic (exact) mass is 335 g/mol. The van der Waals surface area contributed by atoms with Gasteiger partial charge in [0.15, 0.2) is 6.61 Å². The van der Waals surface area contributed by atoms with Crippen LogP contribution < -0.4 is 10.1 Å². The summed E-state index contributed by atoms with van der Waals surface area (Å²) >= 11 is 0. The summed E-state index contributed by atoms with van der Waals surface area (Å²) in [5, 5.41) is 14.3. The molecule has 2 aromatic carbocycles. The van der Waals surface area contributed by atoms with E-state index in [0.29, 0.717) is 5.75 Å². The van der Waals surface area contributed by atoms with E-state index in [9.17, 15) is 4.79 Å². The fourth-order valence-electron chi connectivity index (χ4n) is 2.11. The zero-order chi connectivity index (χ0) is 17.5. The van der Waals surface area contributed by atoms with E-state index < -0.39 is 0 Å². The number of carbonyl (C=O) groups is 1. The summed E-state index contributed by atoms with van der Waals surface area (Å²) in [4.78, 5) is 11.9. The summed E-state index contributed by atoms with van der Waals surface area (Å²) in [6, 6.07) is 14.9. The topological polar surface area (TPSA) is 81.4 Å². The SMILES string of the molecule is Cc1cccc(NC(=O)COc2ccc(/C=N/n3cnnc3)cc2)c1. The Morgan fingerprint density at radius 1 is 1.20 bits per heavy atom. The number of hydrogen-bond donors (Lipinski definition) is 1. The highest BCUT2D eigenvalue weighted by molar-refractivity contribution is 5.91. The summed E-state index contributed by atoms with van der Waals surface area (Å²) in [7, 11) is 0. The van der Waals surface area contributed by atoms with Gasteiger partial charge >= 0.3 is 0 Å². The molecule has 25 heavy (non-hydrogen) atoms. The minimum absolute atomic E-state index is 0.0535. The van der Waals surface area contributed by atoms with Crippen LogP contribution in [0.4, 0.5) is 5.69 Å². The second-order valence-electron chi connectivity index (χ2n) is 5.36. The number of amides is 1. The predicted molar refractivity (Wildman–Crippen MR) is 94.8 cm³/mol. The maximum absolute atomic E-state index is 11.9.